The van der Waals surface area contributed by atoms with Gasteiger partial charge in [0.25, 0.3) is 0 Å². The standard InChI is InChI=1S/C18H26N2/c19-18-15-8-7-14(10-15)17(18)12-20-9-3-6-13-4-1-2-5-16(13)11-20/h1-2,4-5,14-15,17-18H,3,6-12,19H2. The molecule has 4 rings (SSSR count). The quantitative estimate of drug-likeness (QED) is 0.895. The molecule has 0 spiro atoms. The topological polar surface area (TPSA) is 29.3 Å². The van der Waals surface area contributed by atoms with Crippen LogP contribution in [0.2, 0.25) is 0 Å². The Morgan fingerprint density at radius 1 is 1.10 bits per heavy atom. The van der Waals surface area contributed by atoms with Crippen molar-refractivity contribution in [3.8, 4) is 0 Å². The molecule has 0 radical (unpaired) electrons. The molecule has 2 N–H and O–H groups in total. The third-order valence-electron chi connectivity index (χ3n) is 6.06. The van der Waals surface area contributed by atoms with Gasteiger partial charge in [-0.05, 0) is 67.5 Å². The van der Waals surface area contributed by atoms with Crippen LogP contribution in [0.15, 0.2) is 24.3 Å². The summed E-state index contributed by atoms with van der Waals surface area (Å²) in [5, 5.41) is 0. The van der Waals surface area contributed by atoms with Gasteiger partial charge in [0.2, 0.25) is 0 Å². The zero-order valence-corrected chi connectivity index (χ0v) is 12.3. The minimum absolute atomic E-state index is 0.479. The van der Waals surface area contributed by atoms with Gasteiger partial charge < -0.3 is 5.73 Å². The van der Waals surface area contributed by atoms with E-state index in [1.54, 1.807) is 11.1 Å². The Kier molecular flexibility index (Phi) is 3.31. The van der Waals surface area contributed by atoms with E-state index in [4.69, 9.17) is 5.73 Å². The lowest BCUT2D eigenvalue weighted by Gasteiger charge is -2.33. The van der Waals surface area contributed by atoms with Gasteiger partial charge in [-0.25, -0.2) is 0 Å². The van der Waals surface area contributed by atoms with E-state index in [0.717, 1.165) is 24.3 Å². The van der Waals surface area contributed by atoms with E-state index >= 15 is 0 Å². The Morgan fingerprint density at radius 3 is 2.70 bits per heavy atom. The van der Waals surface area contributed by atoms with Gasteiger partial charge in [0.1, 0.15) is 0 Å². The minimum atomic E-state index is 0.479. The van der Waals surface area contributed by atoms with Crippen LogP contribution >= 0.6 is 0 Å². The van der Waals surface area contributed by atoms with Gasteiger partial charge in [-0.2, -0.15) is 0 Å². The van der Waals surface area contributed by atoms with Crippen LogP contribution in [0.3, 0.4) is 0 Å². The molecule has 2 aliphatic carbocycles. The van der Waals surface area contributed by atoms with E-state index in [2.05, 4.69) is 29.2 Å². The maximum atomic E-state index is 6.49. The number of fused-ring (bicyclic) bond motifs is 3. The highest BCUT2D eigenvalue weighted by atomic mass is 15.1. The molecule has 20 heavy (non-hydrogen) atoms. The molecule has 4 unspecified atom stereocenters. The van der Waals surface area contributed by atoms with E-state index < -0.39 is 0 Å². The van der Waals surface area contributed by atoms with Gasteiger partial charge >= 0.3 is 0 Å². The molecule has 2 fully saturated rings. The highest BCUT2D eigenvalue weighted by Gasteiger charge is 2.45. The van der Waals surface area contributed by atoms with Crippen molar-refractivity contribution in [2.45, 2.75) is 44.7 Å². The van der Waals surface area contributed by atoms with Crippen LogP contribution in [0, 0.1) is 17.8 Å². The zero-order valence-electron chi connectivity index (χ0n) is 12.3. The smallest absolute Gasteiger partial charge is 0.0236 e. The van der Waals surface area contributed by atoms with Crippen molar-refractivity contribution >= 4 is 0 Å². The molecule has 1 aliphatic heterocycles. The van der Waals surface area contributed by atoms with Crippen molar-refractivity contribution in [1.29, 1.82) is 0 Å². The fourth-order valence-corrected chi connectivity index (χ4v) is 4.95. The normalized spacial score (nSPS) is 36.9. The van der Waals surface area contributed by atoms with Crippen LogP contribution in [-0.4, -0.2) is 24.0 Å². The summed E-state index contributed by atoms with van der Waals surface area (Å²) in [6, 6.07) is 9.47. The maximum absolute atomic E-state index is 6.49. The molecule has 2 saturated carbocycles. The van der Waals surface area contributed by atoms with Crippen LogP contribution < -0.4 is 5.73 Å². The number of nitrogens with zero attached hydrogens (tertiary/aromatic N) is 1. The Morgan fingerprint density at radius 2 is 1.90 bits per heavy atom. The molecular formula is C18H26N2. The van der Waals surface area contributed by atoms with Gasteiger partial charge in [-0.3, -0.25) is 4.90 Å². The third kappa shape index (κ3) is 2.19. The fourth-order valence-electron chi connectivity index (χ4n) is 4.95. The Hall–Kier alpha value is -0.860. The monoisotopic (exact) mass is 270 g/mol. The first kappa shape index (κ1) is 12.8. The van der Waals surface area contributed by atoms with Crippen molar-refractivity contribution in [3.63, 3.8) is 0 Å². The van der Waals surface area contributed by atoms with E-state index in [0.29, 0.717) is 6.04 Å². The van der Waals surface area contributed by atoms with Crippen molar-refractivity contribution in [2.75, 3.05) is 13.1 Å². The maximum Gasteiger partial charge on any atom is 0.0236 e. The molecule has 2 bridgehead atoms. The summed E-state index contributed by atoms with van der Waals surface area (Å²) in [6.45, 7) is 3.61. The molecule has 4 atom stereocenters. The summed E-state index contributed by atoms with van der Waals surface area (Å²) in [5.74, 6) is 2.52. The van der Waals surface area contributed by atoms with E-state index in [9.17, 15) is 0 Å². The van der Waals surface area contributed by atoms with Crippen LogP contribution in [0.25, 0.3) is 0 Å². The summed E-state index contributed by atoms with van der Waals surface area (Å²) in [4.78, 5) is 2.68. The van der Waals surface area contributed by atoms with Crippen molar-refractivity contribution in [1.82, 2.24) is 4.90 Å². The van der Waals surface area contributed by atoms with Gasteiger partial charge in [-0.1, -0.05) is 24.3 Å². The van der Waals surface area contributed by atoms with E-state index in [1.807, 2.05) is 0 Å². The molecule has 2 nitrogen and oxygen atoms in total. The van der Waals surface area contributed by atoms with Gasteiger partial charge in [0.05, 0.1) is 0 Å². The first-order valence-electron chi connectivity index (χ1n) is 8.36. The highest BCUT2D eigenvalue weighted by Crippen LogP contribution is 2.47. The van der Waals surface area contributed by atoms with Crippen LogP contribution in [0.4, 0.5) is 0 Å². The molecule has 3 aliphatic rings. The van der Waals surface area contributed by atoms with Crippen molar-refractivity contribution in [3.05, 3.63) is 35.4 Å². The van der Waals surface area contributed by atoms with E-state index in [-0.39, 0.29) is 0 Å². The van der Waals surface area contributed by atoms with Crippen LogP contribution in [0.5, 0.6) is 0 Å². The number of hydrogen-bond donors (Lipinski definition) is 1. The molecule has 0 amide bonds. The summed E-state index contributed by atoms with van der Waals surface area (Å²) >= 11 is 0. The molecule has 0 saturated heterocycles. The number of benzene rings is 1. The predicted molar refractivity (Wildman–Crippen MR) is 82.3 cm³/mol. The van der Waals surface area contributed by atoms with Gasteiger partial charge in [0.15, 0.2) is 0 Å². The van der Waals surface area contributed by atoms with Gasteiger partial charge in [-0.15, -0.1) is 0 Å². The van der Waals surface area contributed by atoms with Crippen molar-refractivity contribution < 1.29 is 0 Å². The predicted octanol–water partition coefficient (Wildman–Crippen LogP) is 2.81. The summed E-state index contributed by atoms with van der Waals surface area (Å²) in [7, 11) is 0. The summed E-state index contributed by atoms with van der Waals surface area (Å²) in [6.07, 6.45) is 6.79. The molecular weight excluding hydrogens is 244 g/mol. The summed E-state index contributed by atoms with van der Waals surface area (Å²) < 4.78 is 0. The fraction of sp³-hybridized carbons (Fsp3) is 0.667. The molecule has 1 heterocycles. The molecule has 0 aromatic heterocycles. The Labute approximate surface area is 122 Å². The number of nitrogens with two attached hydrogens (primary N) is 1. The summed E-state index contributed by atoms with van der Waals surface area (Å²) in [5.41, 5.74) is 9.59. The van der Waals surface area contributed by atoms with Crippen LogP contribution in [-0.2, 0) is 13.0 Å². The molecule has 1 aromatic carbocycles. The highest BCUT2D eigenvalue weighted by molar-refractivity contribution is 5.28. The number of rotatable bonds is 2. The second-order valence-electron chi connectivity index (χ2n) is 7.18. The second kappa shape index (κ2) is 5.16. The first-order valence-corrected chi connectivity index (χ1v) is 8.36. The van der Waals surface area contributed by atoms with Gasteiger partial charge in [0, 0.05) is 19.1 Å². The lowest BCUT2D eigenvalue weighted by molar-refractivity contribution is 0.170. The largest absolute Gasteiger partial charge is 0.327 e. The molecule has 1 aromatic rings. The Balaban J connectivity index is 1.47. The number of aryl methyl sites for hydroxylation is 1. The Bertz CT molecular complexity index is 482. The zero-order chi connectivity index (χ0) is 13.5. The first-order chi connectivity index (χ1) is 9.81. The molecule has 2 heteroatoms. The average Bonchev–Trinajstić information content (AvgIpc) is 2.97. The third-order valence-corrected chi connectivity index (χ3v) is 6.06. The lowest BCUT2D eigenvalue weighted by Crippen LogP contribution is -2.42. The number of hydrogen-bond acceptors (Lipinski definition) is 2. The minimum Gasteiger partial charge on any atom is -0.327 e. The van der Waals surface area contributed by atoms with Crippen LogP contribution in [0.1, 0.15) is 36.8 Å². The van der Waals surface area contributed by atoms with Crippen molar-refractivity contribution in [2.24, 2.45) is 23.5 Å². The molecule has 108 valence electrons. The van der Waals surface area contributed by atoms with E-state index in [1.165, 1.54) is 45.2 Å². The average molecular weight is 270 g/mol. The second-order valence-corrected chi connectivity index (χ2v) is 7.18. The lowest BCUT2D eigenvalue weighted by atomic mass is 9.84. The SMILES string of the molecule is NC1C2CCC(C2)C1CN1CCCc2ccccc2C1.